The number of aryl methyl sites for hydroxylation is 1. The van der Waals surface area contributed by atoms with Crippen LogP contribution in [0.25, 0.3) is 0 Å². The normalized spacial score (nSPS) is 13.2. The van der Waals surface area contributed by atoms with E-state index in [1.54, 1.807) is 19.1 Å². The summed E-state index contributed by atoms with van der Waals surface area (Å²) in [4.78, 5) is 50.5. The van der Waals surface area contributed by atoms with Crippen molar-refractivity contribution in [3.05, 3.63) is 64.0 Å². The van der Waals surface area contributed by atoms with Gasteiger partial charge in [0, 0.05) is 13.1 Å². The molecule has 0 atom stereocenters. The number of carbonyl (C=O) groups is 4. The van der Waals surface area contributed by atoms with Crippen LogP contribution >= 0.6 is 0 Å². The van der Waals surface area contributed by atoms with Crippen LogP contribution in [-0.4, -0.2) is 41.7 Å². The second-order valence-electron chi connectivity index (χ2n) is 7.98. The molecule has 2 aromatic rings. The van der Waals surface area contributed by atoms with Gasteiger partial charge < -0.3 is 10.1 Å². The van der Waals surface area contributed by atoms with Gasteiger partial charge in [0.05, 0.1) is 11.1 Å². The third kappa shape index (κ3) is 4.11. The van der Waals surface area contributed by atoms with E-state index in [0.717, 1.165) is 24.3 Å². The maximum absolute atomic E-state index is 13.8. The molecule has 1 N–H and O–H groups in total. The summed E-state index contributed by atoms with van der Waals surface area (Å²) in [6, 6.07) is 4.71. The van der Waals surface area contributed by atoms with Gasteiger partial charge >= 0.3 is 5.97 Å². The molecule has 7 nitrogen and oxygen atoms in total. The fourth-order valence-electron chi connectivity index (χ4n) is 3.10. The Hall–Kier alpha value is -3.83. The topological polar surface area (TPSA) is 92.8 Å². The highest BCUT2D eigenvalue weighted by Crippen LogP contribution is 2.31. The summed E-state index contributed by atoms with van der Waals surface area (Å²) < 4.78 is 71.6. The molecule has 0 unspecified atom stereocenters. The maximum atomic E-state index is 13.8. The van der Waals surface area contributed by atoms with E-state index in [0.29, 0.717) is 0 Å². The minimum absolute atomic E-state index is 0.202. The number of rotatable bonds is 6. The first-order valence-electron chi connectivity index (χ1n) is 9.77. The SMILES string of the molecule is Cc1ccc2c(c1)C(=O)N(CCNC(=O)C(C)(C)C(=O)Oc1c(F)c(F)c(F)c(F)c1F)C2=O. The van der Waals surface area contributed by atoms with Crippen LogP contribution in [0.1, 0.15) is 40.1 Å². The summed E-state index contributed by atoms with van der Waals surface area (Å²) in [6.45, 7) is 3.18. The molecule has 0 aliphatic carbocycles. The number of imide groups is 1. The van der Waals surface area contributed by atoms with Crippen LogP contribution in [0.4, 0.5) is 22.0 Å². The molecule has 0 saturated heterocycles. The number of halogens is 5. The molecule has 0 radical (unpaired) electrons. The van der Waals surface area contributed by atoms with Crippen molar-refractivity contribution in [2.24, 2.45) is 5.41 Å². The van der Waals surface area contributed by atoms with E-state index < -0.39 is 63.9 Å². The van der Waals surface area contributed by atoms with Gasteiger partial charge in [0.1, 0.15) is 5.41 Å². The van der Waals surface area contributed by atoms with Gasteiger partial charge in [0.2, 0.25) is 40.7 Å². The van der Waals surface area contributed by atoms with E-state index in [2.05, 4.69) is 10.1 Å². The van der Waals surface area contributed by atoms with Crippen LogP contribution in [0.15, 0.2) is 18.2 Å². The zero-order valence-corrected chi connectivity index (χ0v) is 18.0. The quantitative estimate of drug-likeness (QED) is 0.129. The van der Waals surface area contributed by atoms with Crippen LogP contribution in [0, 0.1) is 41.4 Å². The van der Waals surface area contributed by atoms with Crippen molar-refractivity contribution < 1.29 is 45.9 Å². The number of amides is 3. The first-order valence-corrected chi connectivity index (χ1v) is 9.77. The minimum atomic E-state index is -2.44. The van der Waals surface area contributed by atoms with Gasteiger partial charge in [-0.05, 0) is 32.9 Å². The van der Waals surface area contributed by atoms with Gasteiger partial charge in [0.15, 0.2) is 0 Å². The van der Waals surface area contributed by atoms with Crippen molar-refractivity contribution in [1.82, 2.24) is 10.2 Å². The largest absolute Gasteiger partial charge is 0.419 e. The molecule has 0 bridgehead atoms. The molecular formula is C22H17F5N2O5. The van der Waals surface area contributed by atoms with Gasteiger partial charge in [-0.15, -0.1) is 0 Å². The summed E-state index contributed by atoms with van der Waals surface area (Å²) in [7, 11) is 0. The van der Waals surface area contributed by atoms with Gasteiger partial charge in [-0.3, -0.25) is 24.1 Å². The molecule has 1 aliphatic heterocycles. The van der Waals surface area contributed by atoms with Crippen molar-refractivity contribution in [1.29, 1.82) is 0 Å². The third-order valence-corrected chi connectivity index (χ3v) is 5.19. The van der Waals surface area contributed by atoms with Gasteiger partial charge in [-0.2, -0.15) is 8.78 Å². The van der Waals surface area contributed by atoms with Crippen LogP contribution < -0.4 is 10.1 Å². The Morgan fingerprint density at radius 2 is 1.44 bits per heavy atom. The summed E-state index contributed by atoms with van der Waals surface area (Å²) in [5.74, 6) is -17.5. The Morgan fingerprint density at radius 3 is 2.03 bits per heavy atom. The molecule has 34 heavy (non-hydrogen) atoms. The number of esters is 1. The van der Waals surface area contributed by atoms with Crippen LogP contribution in [0.3, 0.4) is 0 Å². The van der Waals surface area contributed by atoms with Gasteiger partial charge in [0.25, 0.3) is 11.8 Å². The van der Waals surface area contributed by atoms with E-state index in [-0.39, 0.29) is 24.2 Å². The number of hydrogen-bond donors (Lipinski definition) is 1. The number of ether oxygens (including phenoxy) is 1. The van der Waals surface area contributed by atoms with Crippen LogP contribution in [0.2, 0.25) is 0 Å². The minimum Gasteiger partial charge on any atom is -0.419 e. The Balaban J connectivity index is 1.66. The Morgan fingerprint density at radius 1 is 0.912 bits per heavy atom. The van der Waals surface area contributed by atoms with Crippen LogP contribution in [-0.2, 0) is 9.59 Å². The molecule has 1 aliphatic rings. The smallest absolute Gasteiger partial charge is 0.326 e. The predicted molar refractivity (Wildman–Crippen MR) is 105 cm³/mol. The second-order valence-corrected chi connectivity index (χ2v) is 7.98. The molecule has 1 heterocycles. The number of benzene rings is 2. The number of hydrogen-bond acceptors (Lipinski definition) is 5. The lowest BCUT2D eigenvalue weighted by Gasteiger charge is -2.23. The standard InChI is InChI=1S/C22H17F5N2O5/c1-9-4-5-10-11(8-9)19(31)29(18(10)30)7-6-28-20(32)22(2,3)21(33)34-17-15(26)13(24)12(23)14(25)16(17)27/h4-5,8H,6-7H2,1-3H3,(H,28,32). The average Bonchev–Trinajstić information content (AvgIpc) is 3.02. The van der Waals surface area contributed by atoms with Gasteiger partial charge in [-0.25, -0.2) is 13.2 Å². The molecule has 180 valence electrons. The Bertz CT molecular complexity index is 1220. The number of carbonyl (C=O) groups excluding carboxylic acids is 4. The van der Waals surface area contributed by atoms with E-state index in [4.69, 9.17) is 0 Å². The average molecular weight is 484 g/mol. The van der Waals surface area contributed by atoms with E-state index in [9.17, 15) is 41.1 Å². The molecule has 0 spiro atoms. The summed E-state index contributed by atoms with van der Waals surface area (Å²) >= 11 is 0. The highest BCUT2D eigenvalue weighted by Gasteiger charge is 2.41. The van der Waals surface area contributed by atoms with Crippen molar-refractivity contribution >= 4 is 23.7 Å². The molecule has 2 aromatic carbocycles. The van der Waals surface area contributed by atoms with E-state index in [1.807, 2.05) is 0 Å². The zero-order valence-electron chi connectivity index (χ0n) is 18.0. The third-order valence-electron chi connectivity index (χ3n) is 5.19. The van der Waals surface area contributed by atoms with Crippen molar-refractivity contribution in [2.45, 2.75) is 20.8 Å². The highest BCUT2D eigenvalue weighted by atomic mass is 19.2. The zero-order chi connectivity index (χ0) is 25.5. The monoisotopic (exact) mass is 484 g/mol. The maximum Gasteiger partial charge on any atom is 0.326 e. The Labute approximate surface area is 189 Å². The van der Waals surface area contributed by atoms with Crippen LogP contribution in [0.5, 0.6) is 5.75 Å². The fourth-order valence-corrected chi connectivity index (χ4v) is 3.10. The van der Waals surface area contributed by atoms with Crippen molar-refractivity contribution in [2.75, 3.05) is 13.1 Å². The number of fused-ring (bicyclic) bond motifs is 1. The lowest BCUT2D eigenvalue weighted by atomic mass is 9.92. The molecule has 0 saturated carbocycles. The van der Waals surface area contributed by atoms with Crippen molar-refractivity contribution in [3.8, 4) is 5.75 Å². The first kappa shape index (κ1) is 24.8. The molecular weight excluding hydrogens is 467 g/mol. The molecule has 12 heteroatoms. The number of nitrogens with one attached hydrogen (secondary N) is 1. The summed E-state index contributed by atoms with van der Waals surface area (Å²) in [5, 5.41) is 2.28. The number of nitrogens with zero attached hydrogens (tertiary/aromatic N) is 1. The molecule has 0 aromatic heterocycles. The fraction of sp³-hybridized carbons (Fsp3) is 0.273. The second kappa shape index (κ2) is 8.84. The Kier molecular flexibility index (Phi) is 6.45. The summed E-state index contributed by atoms with van der Waals surface area (Å²) in [5.41, 5.74) is -0.958. The van der Waals surface area contributed by atoms with Gasteiger partial charge in [-0.1, -0.05) is 11.6 Å². The predicted octanol–water partition coefficient (Wildman–Crippen LogP) is 3.03. The summed E-state index contributed by atoms with van der Waals surface area (Å²) in [6.07, 6.45) is 0. The lowest BCUT2D eigenvalue weighted by Crippen LogP contribution is -2.47. The highest BCUT2D eigenvalue weighted by molar-refractivity contribution is 6.21. The van der Waals surface area contributed by atoms with E-state index in [1.165, 1.54) is 6.07 Å². The molecule has 0 fully saturated rings. The lowest BCUT2D eigenvalue weighted by molar-refractivity contribution is -0.151. The first-order chi connectivity index (χ1) is 15.8. The van der Waals surface area contributed by atoms with Crippen molar-refractivity contribution in [3.63, 3.8) is 0 Å². The van der Waals surface area contributed by atoms with E-state index >= 15 is 0 Å². The molecule has 3 rings (SSSR count). The molecule has 3 amide bonds.